The molecule has 0 unspecified atom stereocenters. The fourth-order valence-corrected chi connectivity index (χ4v) is 4.13. The number of rotatable bonds is 6. The number of nitrogens with one attached hydrogen (secondary N) is 1. The third kappa shape index (κ3) is 4.29. The number of carbonyl (C=O) groups excluding carboxylic acids is 2. The van der Waals surface area contributed by atoms with Crippen LogP contribution in [-0.2, 0) is 26.4 Å². The number of hydrogen-bond acceptors (Lipinski definition) is 6. The number of allylic oxidation sites excluding steroid dienone is 2. The lowest BCUT2D eigenvalue weighted by molar-refractivity contribution is -0.151. The summed E-state index contributed by atoms with van der Waals surface area (Å²) in [6.07, 6.45) is 5.56. The second kappa shape index (κ2) is 9.02. The highest BCUT2D eigenvalue weighted by molar-refractivity contribution is 7.11. The van der Waals surface area contributed by atoms with Gasteiger partial charge in [-0.05, 0) is 58.6 Å². The molecule has 1 aromatic heterocycles. The molecular weight excluding hydrogens is 410 g/mol. The van der Waals surface area contributed by atoms with Crippen molar-refractivity contribution in [3.8, 4) is 0 Å². The molecule has 0 fully saturated rings. The van der Waals surface area contributed by atoms with E-state index in [0.717, 1.165) is 16.0 Å². The number of hydrogen-bond donors (Lipinski definition) is 1. The molecule has 1 aliphatic rings. The number of esters is 2. The summed E-state index contributed by atoms with van der Waals surface area (Å²) in [7, 11) is 1.34. The van der Waals surface area contributed by atoms with Crippen LogP contribution in [0.3, 0.4) is 0 Å². The number of carbonyl (C=O) groups is 2. The number of methoxy groups -OCH3 is 1. The summed E-state index contributed by atoms with van der Waals surface area (Å²) < 4.78 is 10.5. The van der Waals surface area contributed by atoms with E-state index in [9.17, 15) is 9.59 Å². The highest BCUT2D eigenvalue weighted by Crippen LogP contribution is 2.34. The molecule has 0 bridgehead atoms. The van der Waals surface area contributed by atoms with Gasteiger partial charge in [0.05, 0.1) is 12.7 Å². The molecule has 3 aromatic rings. The molecule has 2 aromatic carbocycles. The molecule has 0 saturated heterocycles. The first-order valence-corrected chi connectivity index (χ1v) is 10.6. The molecule has 0 aliphatic carbocycles. The summed E-state index contributed by atoms with van der Waals surface area (Å²) in [5, 5.41) is 5.19. The zero-order valence-electron chi connectivity index (χ0n) is 16.9. The second-order valence-electron chi connectivity index (χ2n) is 6.99. The normalized spacial score (nSPS) is 17.4. The third-order valence-corrected chi connectivity index (χ3v) is 5.97. The van der Waals surface area contributed by atoms with Crippen molar-refractivity contribution in [3.63, 3.8) is 0 Å². The van der Waals surface area contributed by atoms with Gasteiger partial charge in [0.2, 0.25) is 0 Å². The minimum absolute atomic E-state index is 0.162. The van der Waals surface area contributed by atoms with Crippen molar-refractivity contribution in [2.45, 2.75) is 12.1 Å². The monoisotopic (exact) mass is 431 g/mol. The van der Waals surface area contributed by atoms with Crippen LogP contribution in [-0.4, -0.2) is 19.0 Å². The van der Waals surface area contributed by atoms with Crippen LogP contribution in [0.5, 0.6) is 0 Å². The summed E-state index contributed by atoms with van der Waals surface area (Å²) in [4.78, 5) is 26.3. The quantitative estimate of drug-likeness (QED) is 0.575. The highest BCUT2D eigenvalue weighted by Gasteiger charge is 2.41. The van der Waals surface area contributed by atoms with Crippen molar-refractivity contribution < 1.29 is 19.1 Å². The number of dihydropyridines is 1. The lowest BCUT2D eigenvalue weighted by Gasteiger charge is -2.32. The summed E-state index contributed by atoms with van der Waals surface area (Å²) in [6, 6.07) is 20.3. The molecule has 0 amide bonds. The van der Waals surface area contributed by atoms with Gasteiger partial charge in [0.15, 0.2) is 5.54 Å². The van der Waals surface area contributed by atoms with Crippen molar-refractivity contribution in [2.24, 2.45) is 0 Å². The van der Waals surface area contributed by atoms with Crippen LogP contribution in [0, 0.1) is 0 Å². The molecule has 5 nitrogen and oxygen atoms in total. The Morgan fingerprint density at radius 1 is 1.00 bits per heavy atom. The third-order valence-electron chi connectivity index (χ3n) is 5.05. The van der Waals surface area contributed by atoms with Gasteiger partial charge in [-0.2, -0.15) is 0 Å². The minimum atomic E-state index is -1.22. The van der Waals surface area contributed by atoms with Gasteiger partial charge in [-0.3, -0.25) is 0 Å². The SMILES string of the molecule is COC(=O)c1ccc([C@]2(C(=O)OCc3ccccc3)C=C(c3cccs3)C=CN2)cc1. The number of benzene rings is 2. The standard InChI is InChI=1S/C25H21NO4S/c1-29-23(27)19-9-11-21(12-10-19)25(24(28)30-17-18-6-3-2-4-7-18)16-20(13-14-26-25)22-8-5-15-31-22/h2-16,26H,17H2,1H3/t25-/m0/s1. The average Bonchev–Trinajstić information content (AvgIpc) is 3.38. The van der Waals surface area contributed by atoms with Crippen LogP contribution >= 0.6 is 11.3 Å². The largest absolute Gasteiger partial charge is 0.465 e. The number of ether oxygens (including phenoxy) is 2. The van der Waals surface area contributed by atoms with E-state index < -0.39 is 17.5 Å². The second-order valence-corrected chi connectivity index (χ2v) is 7.94. The lowest BCUT2D eigenvalue weighted by Crippen LogP contribution is -2.47. The maximum Gasteiger partial charge on any atom is 0.340 e. The summed E-state index contributed by atoms with van der Waals surface area (Å²) in [5.41, 5.74) is 1.67. The minimum Gasteiger partial charge on any atom is -0.465 e. The van der Waals surface area contributed by atoms with E-state index in [0.29, 0.717) is 11.1 Å². The van der Waals surface area contributed by atoms with Crippen molar-refractivity contribution in [1.29, 1.82) is 0 Å². The molecule has 156 valence electrons. The Hall–Kier alpha value is -3.64. The molecule has 31 heavy (non-hydrogen) atoms. The fraction of sp³-hybridized carbons (Fsp3) is 0.120. The Balaban J connectivity index is 1.71. The summed E-state index contributed by atoms with van der Waals surface area (Å²) in [6.45, 7) is 0.162. The van der Waals surface area contributed by atoms with Gasteiger partial charge >= 0.3 is 11.9 Å². The van der Waals surface area contributed by atoms with Gasteiger partial charge < -0.3 is 14.8 Å². The van der Waals surface area contributed by atoms with Gasteiger partial charge in [-0.15, -0.1) is 11.3 Å². The molecule has 4 rings (SSSR count). The first-order valence-electron chi connectivity index (χ1n) is 9.73. The van der Waals surface area contributed by atoms with E-state index in [1.165, 1.54) is 7.11 Å². The van der Waals surface area contributed by atoms with E-state index in [1.54, 1.807) is 41.8 Å². The van der Waals surface area contributed by atoms with Crippen LogP contribution in [0.2, 0.25) is 0 Å². The van der Waals surface area contributed by atoms with Crippen LogP contribution in [0.4, 0.5) is 0 Å². The molecular formula is C25H21NO4S. The molecule has 1 atom stereocenters. The van der Waals surface area contributed by atoms with Gasteiger partial charge in [-0.1, -0.05) is 48.5 Å². The summed E-state index contributed by atoms with van der Waals surface area (Å²) in [5.74, 6) is -0.862. The maximum atomic E-state index is 13.4. The van der Waals surface area contributed by atoms with Crippen molar-refractivity contribution in [3.05, 3.63) is 112 Å². The predicted molar refractivity (Wildman–Crippen MR) is 120 cm³/mol. The van der Waals surface area contributed by atoms with E-state index in [1.807, 2.05) is 60.0 Å². The zero-order chi connectivity index (χ0) is 21.7. The maximum absolute atomic E-state index is 13.4. The molecule has 6 heteroatoms. The molecule has 0 radical (unpaired) electrons. The van der Waals surface area contributed by atoms with Gasteiger partial charge in [0.25, 0.3) is 0 Å². The lowest BCUT2D eigenvalue weighted by atomic mass is 9.85. The summed E-state index contributed by atoms with van der Waals surface area (Å²) >= 11 is 1.60. The molecule has 0 saturated carbocycles. The highest BCUT2D eigenvalue weighted by atomic mass is 32.1. The first-order chi connectivity index (χ1) is 15.1. The van der Waals surface area contributed by atoms with Crippen LogP contribution in [0.25, 0.3) is 5.57 Å². The Morgan fingerprint density at radius 3 is 2.45 bits per heavy atom. The van der Waals surface area contributed by atoms with E-state index in [2.05, 4.69) is 5.32 Å². The Kier molecular flexibility index (Phi) is 6.00. The van der Waals surface area contributed by atoms with Crippen molar-refractivity contribution in [2.75, 3.05) is 7.11 Å². The first kappa shape index (κ1) is 20.6. The molecule has 0 spiro atoms. The Labute approximate surface area is 184 Å². The topological polar surface area (TPSA) is 64.6 Å². The zero-order valence-corrected chi connectivity index (χ0v) is 17.7. The van der Waals surface area contributed by atoms with Crippen LogP contribution in [0.15, 0.2) is 90.5 Å². The van der Waals surface area contributed by atoms with E-state index in [4.69, 9.17) is 9.47 Å². The molecule has 2 heterocycles. The number of thiophene rings is 1. The average molecular weight is 432 g/mol. The van der Waals surface area contributed by atoms with Gasteiger partial charge in [0, 0.05) is 4.88 Å². The van der Waals surface area contributed by atoms with Crippen molar-refractivity contribution >= 4 is 28.8 Å². The van der Waals surface area contributed by atoms with Crippen LogP contribution in [0.1, 0.15) is 26.4 Å². The van der Waals surface area contributed by atoms with E-state index >= 15 is 0 Å². The molecule has 1 aliphatic heterocycles. The predicted octanol–water partition coefficient (Wildman–Crippen LogP) is 4.67. The van der Waals surface area contributed by atoms with Gasteiger partial charge in [0.1, 0.15) is 6.61 Å². The molecule has 1 N–H and O–H groups in total. The van der Waals surface area contributed by atoms with Crippen molar-refractivity contribution in [1.82, 2.24) is 5.32 Å². The Morgan fingerprint density at radius 2 is 1.77 bits per heavy atom. The fourth-order valence-electron chi connectivity index (χ4n) is 3.41. The smallest absolute Gasteiger partial charge is 0.340 e. The van der Waals surface area contributed by atoms with Crippen LogP contribution < -0.4 is 5.32 Å². The van der Waals surface area contributed by atoms with E-state index in [-0.39, 0.29) is 6.61 Å². The van der Waals surface area contributed by atoms with Gasteiger partial charge in [-0.25, -0.2) is 9.59 Å². The Bertz CT molecular complexity index is 1120.